The van der Waals surface area contributed by atoms with E-state index in [0.29, 0.717) is 16.3 Å². The average Bonchev–Trinajstić information content (AvgIpc) is 2.74. The Morgan fingerprint density at radius 1 is 0.964 bits per heavy atom. The lowest BCUT2D eigenvalue weighted by atomic mass is 9.55. The van der Waals surface area contributed by atoms with Crippen LogP contribution in [-0.2, 0) is 0 Å². The second-order valence-electron chi connectivity index (χ2n) is 6.58. The molecule has 0 N–H and O–H groups in total. The normalized spacial score (nSPS) is 10.5. The van der Waals surface area contributed by atoms with Crippen molar-refractivity contribution < 1.29 is 4.65 Å². The van der Waals surface area contributed by atoms with Gasteiger partial charge in [-0.1, -0.05) is 54.1 Å². The first-order valence-corrected chi connectivity index (χ1v) is 9.30. The smallest absolute Gasteiger partial charge is 0.426 e. The van der Waals surface area contributed by atoms with Gasteiger partial charge in [-0.05, 0) is 53.7 Å². The topological polar surface area (TPSA) is 45.9 Å². The van der Waals surface area contributed by atoms with E-state index in [-0.39, 0.29) is 0 Å². The highest BCUT2D eigenvalue weighted by Gasteiger charge is 2.25. The third-order valence-corrected chi connectivity index (χ3v) is 5.07. The van der Waals surface area contributed by atoms with Crippen LogP contribution in [0.3, 0.4) is 0 Å². The van der Waals surface area contributed by atoms with Gasteiger partial charge in [-0.15, -0.1) is 0 Å². The third kappa shape index (κ3) is 3.58. The van der Waals surface area contributed by atoms with Crippen LogP contribution in [0.25, 0.3) is 10.9 Å². The summed E-state index contributed by atoms with van der Waals surface area (Å²) in [4.78, 5) is 4.49. The lowest BCUT2D eigenvalue weighted by Gasteiger charge is -2.18. The first-order chi connectivity index (χ1) is 13.7. The van der Waals surface area contributed by atoms with Gasteiger partial charge in [-0.3, -0.25) is 4.98 Å². The van der Waals surface area contributed by atoms with Crippen LogP contribution in [0.5, 0.6) is 5.75 Å². The van der Waals surface area contributed by atoms with Gasteiger partial charge in [0.05, 0.1) is 11.6 Å². The van der Waals surface area contributed by atoms with Gasteiger partial charge in [0.15, 0.2) is 0 Å². The van der Waals surface area contributed by atoms with E-state index in [1.54, 1.807) is 12.3 Å². The first kappa shape index (κ1) is 18.1. The molecule has 0 radical (unpaired) electrons. The summed E-state index contributed by atoms with van der Waals surface area (Å²) in [5.74, 6) is 0.693. The number of pyridine rings is 1. The lowest BCUT2D eigenvalue weighted by molar-refractivity contribution is 0.597. The minimum atomic E-state index is -0.392. The van der Waals surface area contributed by atoms with Crippen LogP contribution in [0.15, 0.2) is 79.0 Å². The van der Waals surface area contributed by atoms with E-state index in [4.69, 9.17) is 16.3 Å². The molecule has 0 amide bonds. The van der Waals surface area contributed by atoms with Crippen molar-refractivity contribution in [1.29, 1.82) is 5.26 Å². The number of aryl methyl sites for hydroxylation is 1. The Morgan fingerprint density at radius 2 is 1.75 bits per heavy atom. The largest absolute Gasteiger partial charge is 0.550 e. The molecule has 134 valence electrons. The molecule has 0 fully saturated rings. The Kier molecular flexibility index (Phi) is 5.01. The summed E-state index contributed by atoms with van der Waals surface area (Å²) in [5.41, 5.74) is 4.23. The van der Waals surface area contributed by atoms with E-state index in [0.717, 1.165) is 27.4 Å². The number of nitriles is 1. The van der Waals surface area contributed by atoms with Crippen molar-refractivity contribution in [2.45, 2.75) is 6.92 Å². The number of rotatable bonds is 4. The minimum absolute atomic E-state index is 0.392. The molecule has 0 saturated carbocycles. The molecule has 0 aliphatic rings. The molecule has 0 aliphatic carbocycles. The molecular formula is C23H16BClN2O. The Hall–Kier alpha value is -3.29. The molecule has 0 unspecified atom stereocenters. The molecule has 4 rings (SSSR count). The van der Waals surface area contributed by atoms with Gasteiger partial charge in [0.25, 0.3) is 0 Å². The molecule has 5 heteroatoms. The predicted octanol–water partition coefficient (Wildman–Crippen LogP) is 4.25. The predicted molar refractivity (Wildman–Crippen MR) is 115 cm³/mol. The fourth-order valence-electron chi connectivity index (χ4n) is 3.23. The molecule has 1 heterocycles. The van der Waals surface area contributed by atoms with E-state index in [1.165, 1.54) is 0 Å². The number of fused-ring (bicyclic) bond motifs is 1. The molecule has 3 aromatic carbocycles. The fourth-order valence-corrected chi connectivity index (χ4v) is 3.35. The van der Waals surface area contributed by atoms with Crippen molar-refractivity contribution in [3.63, 3.8) is 0 Å². The molecule has 4 aromatic rings. The van der Waals surface area contributed by atoms with E-state index in [2.05, 4.69) is 11.1 Å². The maximum atomic E-state index is 9.31. The Morgan fingerprint density at radius 3 is 2.57 bits per heavy atom. The van der Waals surface area contributed by atoms with Gasteiger partial charge in [-0.25, -0.2) is 0 Å². The molecule has 28 heavy (non-hydrogen) atoms. The SMILES string of the molecule is Cc1cc(B(Oc2cccc3cccnc23)c2cccc(C#N)c2)ccc1Cl. The molecule has 1 aromatic heterocycles. The van der Waals surface area contributed by atoms with Gasteiger partial charge >= 0.3 is 6.92 Å². The van der Waals surface area contributed by atoms with Gasteiger partial charge in [-0.2, -0.15) is 5.26 Å². The van der Waals surface area contributed by atoms with Gasteiger partial charge < -0.3 is 4.65 Å². The first-order valence-electron chi connectivity index (χ1n) is 8.92. The van der Waals surface area contributed by atoms with Crippen molar-refractivity contribution in [2.75, 3.05) is 0 Å². The van der Waals surface area contributed by atoms with Crippen LogP contribution >= 0.6 is 11.6 Å². The van der Waals surface area contributed by atoms with Crippen LogP contribution < -0.4 is 15.6 Å². The van der Waals surface area contributed by atoms with Crippen molar-refractivity contribution >= 4 is 40.3 Å². The summed E-state index contributed by atoms with van der Waals surface area (Å²) in [5, 5.41) is 11.0. The van der Waals surface area contributed by atoms with Crippen LogP contribution in [-0.4, -0.2) is 11.9 Å². The van der Waals surface area contributed by atoms with Crippen LogP contribution in [0, 0.1) is 18.3 Å². The Bertz CT molecular complexity index is 1200. The number of hydrogen-bond acceptors (Lipinski definition) is 3. The summed E-state index contributed by atoms with van der Waals surface area (Å²) in [6.07, 6.45) is 1.76. The highest BCUT2D eigenvalue weighted by Crippen LogP contribution is 2.24. The van der Waals surface area contributed by atoms with Crippen LogP contribution in [0.2, 0.25) is 5.02 Å². The van der Waals surface area contributed by atoms with Crippen molar-refractivity contribution in [3.05, 3.63) is 95.1 Å². The summed E-state index contributed by atoms with van der Waals surface area (Å²) < 4.78 is 6.48. The summed E-state index contributed by atoms with van der Waals surface area (Å²) >= 11 is 6.22. The van der Waals surface area contributed by atoms with E-state index < -0.39 is 6.92 Å². The standard InChI is InChI=1S/C23H16BClN2O/c1-16-13-20(10-11-21(16)25)24(19-8-2-5-17(14-19)15-26)28-22-9-3-6-18-7-4-12-27-23(18)22/h2-14H,1H3. The summed E-state index contributed by atoms with van der Waals surface area (Å²) in [6.45, 7) is 1.57. The number of nitrogens with zero attached hydrogens (tertiary/aromatic N) is 2. The fraction of sp³-hybridized carbons (Fsp3) is 0.0435. The number of benzene rings is 3. The van der Waals surface area contributed by atoms with Gasteiger partial charge in [0.1, 0.15) is 11.3 Å². The molecule has 0 atom stereocenters. The van der Waals surface area contributed by atoms with Gasteiger partial charge in [0, 0.05) is 16.6 Å². The van der Waals surface area contributed by atoms with Crippen molar-refractivity contribution in [3.8, 4) is 11.8 Å². The minimum Gasteiger partial charge on any atom is -0.550 e. The second kappa shape index (κ2) is 7.76. The van der Waals surface area contributed by atoms with E-state index in [9.17, 15) is 5.26 Å². The molecule has 3 nitrogen and oxygen atoms in total. The Labute approximate surface area is 169 Å². The molecule has 0 aliphatic heterocycles. The highest BCUT2D eigenvalue weighted by atomic mass is 35.5. The zero-order valence-electron chi connectivity index (χ0n) is 15.3. The Balaban J connectivity index is 1.84. The zero-order chi connectivity index (χ0) is 19.5. The maximum Gasteiger partial charge on any atom is 0.426 e. The zero-order valence-corrected chi connectivity index (χ0v) is 16.0. The van der Waals surface area contributed by atoms with Crippen LogP contribution in [0.1, 0.15) is 11.1 Å². The molecular weight excluding hydrogens is 367 g/mol. The van der Waals surface area contributed by atoms with Gasteiger partial charge in [0.2, 0.25) is 0 Å². The maximum absolute atomic E-state index is 9.31. The number of aromatic nitrogens is 1. The third-order valence-electron chi connectivity index (χ3n) is 4.64. The molecule has 0 spiro atoms. The molecule has 0 bridgehead atoms. The van der Waals surface area contributed by atoms with Crippen LogP contribution in [0.4, 0.5) is 0 Å². The monoisotopic (exact) mass is 382 g/mol. The summed E-state index contributed by atoms with van der Waals surface area (Å²) in [7, 11) is 0. The average molecular weight is 383 g/mol. The quantitative estimate of drug-likeness (QED) is 0.496. The highest BCUT2D eigenvalue weighted by molar-refractivity contribution is 6.80. The number of hydrogen-bond donors (Lipinski definition) is 0. The van der Waals surface area contributed by atoms with E-state index >= 15 is 0 Å². The van der Waals surface area contributed by atoms with Crippen molar-refractivity contribution in [1.82, 2.24) is 4.98 Å². The lowest BCUT2D eigenvalue weighted by Crippen LogP contribution is -2.47. The van der Waals surface area contributed by atoms with E-state index in [1.807, 2.05) is 73.7 Å². The van der Waals surface area contributed by atoms with Crippen molar-refractivity contribution in [2.24, 2.45) is 0 Å². The number of halogens is 1. The number of para-hydroxylation sites is 1. The summed E-state index contributed by atoms with van der Waals surface area (Å²) in [6, 6.07) is 25.3. The second-order valence-corrected chi connectivity index (χ2v) is 6.98. The molecule has 0 saturated heterocycles.